The first kappa shape index (κ1) is 10.3. The molecular formula is C7H11NO4S. The van der Waals surface area contributed by atoms with Gasteiger partial charge in [0.15, 0.2) is 5.37 Å². The highest BCUT2D eigenvalue weighted by Crippen LogP contribution is 2.19. The van der Waals surface area contributed by atoms with Crippen LogP contribution >= 0.6 is 11.8 Å². The van der Waals surface area contributed by atoms with E-state index in [1.165, 1.54) is 18.9 Å². The van der Waals surface area contributed by atoms with Crippen molar-refractivity contribution in [3.05, 3.63) is 0 Å². The molecule has 2 atom stereocenters. The van der Waals surface area contributed by atoms with Crippen molar-refractivity contribution in [2.75, 3.05) is 12.9 Å². The van der Waals surface area contributed by atoms with Crippen LogP contribution in [0.3, 0.4) is 0 Å². The summed E-state index contributed by atoms with van der Waals surface area (Å²) in [7, 11) is 1.29. The zero-order chi connectivity index (χ0) is 9.84. The normalized spacial score (nSPS) is 28.1. The lowest BCUT2D eigenvalue weighted by molar-refractivity contribution is -0.142. The van der Waals surface area contributed by atoms with Crippen LogP contribution in [0.15, 0.2) is 0 Å². The third-order valence-electron chi connectivity index (χ3n) is 1.76. The van der Waals surface area contributed by atoms with Crippen molar-refractivity contribution in [2.45, 2.75) is 17.8 Å². The topological polar surface area (TPSA) is 75.6 Å². The summed E-state index contributed by atoms with van der Waals surface area (Å²) in [6.45, 7) is 0. The number of methoxy groups -OCH3 is 1. The maximum absolute atomic E-state index is 11.0. The molecule has 1 heterocycles. The first-order valence-electron chi connectivity index (χ1n) is 3.83. The van der Waals surface area contributed by atoms with E-state index in [1.807, 2.05) is 0 Å². The number of rotatable bonds is 2. The molecule has 1 aliphatic heterocycles. The summed E-state index contributed by atoms with van der Waals surface area (Å²) in [6.07, 6.45) is 0.535. The molecule has 13 heavy (non-hydrogen) atoms. The number of esters is 1. The Kier molecular flexibility index (Phi) is 3.56. The van der Waals surface area contributed by atoms with Gasteiger partial charge in [0.2, 0.25) is 0 Å². The van der Waals surface area contributed by atoms with E-state index >= 15 is 0 Å². The third kappa shape index (κ3) is 2.60. The van der Waals surface area contributed by atoms with Crippen LogP contribution in [0.4, 0.5) is 0 Å². The van der Waals surface area contributed by atoms with Crippen LogP contribution in [0.25, 0.3) is 0 Å². The number of thioether (sulfide) groups is 1. The highest BCUT2D eigenvalue weighted by Gasteiger charge is 2.30. The smallest absolute Gasteiger partial charge is 0.333 e. The summed E-state index contributed by atoms with van der Waals surface area (Å²) in [6, 6.07) is -0.634. The maximum Gasteiger partial charge on any atom is 0.333 e. The molecule has 0 aromatic carbocycles. The summed E-state index contributed by atoms with van der Waals surface area (Å²) >= 11 is 1.37. The van der Waals surface area contributed by atoms with Crippen molar-refractivity contribution in [1.29, 1.82) is 0 Å². The van der Waals surface area contributed by atoms with E-state index in [-0.39, 0.29) is 0 Å². The number of ether oxygens (including phenoxy) is 1. The van der Waals surface area contributed by atoms with Gasteiger partial charge < -0.3 is 9.84 Å². The second-order valence-electron chi connectivity index (χ2n) is 2.62. The zero-order valence-corrected chi connectivity index (χ0v) is 7.97. The van der Waals surface area contributed by atoms with E-state index in [4.69, 9.17) is 5.11 Å². The fourth-order valence-corrected chi connectivity index (χ4v) is 2.16. The number of carbonyl (C=O) groups is 2. The summed E-state index contributed by atoms with van der Waals surface area (Å²) in [4.78, 5) is 21.6. The molecule has 5 nitrogen and oxygen atoms in total. The third-order valence-corrected chi connectivity index (χ3v) is 2.89. The van der Waals surface area contributed by atoms with Crippen molar-refractivity contribution in [3.8, 4) is 0 Å². The lowest BCUT2D eigenvalue weighted by atomic mass is 10.2. The van der Waals surface area contributed by atoms with Crippen molar-refractivity contribution >= 4 is 23.7 Å². The van der Waals surface area contributed by atoms with E-state index in [0.29, 0.717) is 12.2 Å². The molecule has 2 N–H and O–H groups in total. The number of nitrogens with one attached hydrogen (secondary N) is 1. The standard InChI is InChI=1S/C7H11NO4S/c1-12-7(11)5-8-4(6(9)10)2-3-13-5/h4-5,8H,2-3H2,1H3,(H,9,10). The van der Waals surface area contributed by atoms with Gasteiger partial charge in [-0.15, -0.1) is 11.8 Å². The van der Waals surface area contributed by atoms with Crippen molar-refractivity contribution in [1.82, 2.24) is 5.32 Å². The molecule has 74 valence electrons. The number of carboxylic acids is 1. The largest absolute Gasteiger partial charge is 0.480 e. The summed E-state index contributed by atoms with van der Waals surface area (Å²) < 4.78 is 4.50. The van der Waals surface area contributed by atoms with Gasteiger partial charge in [-0.1, -0.05) is 0 Å². The van der Waals surface area contributed by atoms with E-state index in [9.17, 15) is 9.59 Å². The molecule has 1 saturated heterocycles. The van der Waals surface area contributed by atoms with Gasteiger partial charge in [0.1, 0.15) is 6.04 Å². The Morgan fingerprint density at radius 1 is 1.62 bits per heavy atom. The minimum absolute atomic E-state index is 0.420. The fourth-order valence-electron chi connectivity index (χ4n) is 1.06. The second kappa shape index (κ2) is 4.48. The Bertz CT molecular complexity index is 221. The van der Waals surface area contributed by atoms with Gasteiger partial charge in [-0.05, 0) is 12.2 Å². The Hall–Kier alpha value is -0.750. The number of hydrogen-bond donors (Lipinski definition) is 2. The van der Waals surface area contributed by atoms with Crippen LogP contribution in [-0.4, -0.2) is 41.3 Å². The average molecular weight is 205 g/mol. The molecule has 0 aliphatic carbocycles. The van der Waals surface area contributed by atoms with Gasteiger partial charge in [0, 0.05) is 0 Å². The molecule has 0 amide bonds. The molecule has 0 saturated carbocycles. The van der Waals surface area contributed by atoms with Crippen molar-refractivity contribution < 1.29 is 19.4 Å². The minimum Gasteiger partial charge on any atom is -0.480 e. The molecule has 1 fully saturated rings. The molecule has 0 bridgehead atoms. The Morgan fingerprint density at radius 2 is 2.31 bits per heavy atom. The predicted molar refractivity (Wildman–Crippen MR) is 47.4 cm³/mol. The molecule has 2 unspecified atom stereocenters. The number of carboxylic acid groups (broad SMARTS) is 1. The quantitative estimate of drug-likeness (QED) is 0.601. The molecule has 0 radical (unpaired) electrons. The Balaban J connectivity index is 2.51. The van der Waals surface area contributed by atoms with Crippen molar-refractivity contribution in [3.63, 3.8) is 0 Å². The molecule has 0 aromatic rings. The summed E-state index contributed by atoms with van der Waals surface area (Å²) in [5.74, 6) is -0.686. The van der Waals surface area contributed by atoms with Crippen LogP contribution in [0.2, 0.25) is 0 Å². The maximum atomic E-state index is 11.0. The van der Waals surface area contributed by atoms with Gasteiger partial charge in [0.05, 0.1) is 7.11 Å². The molecule has 1 rings (SSSR count). The first-order valence-corrected chi connectivity index (χ1v) is 4.88. The molecule has 6 heteroatoms. The highest BCUT2D eigenvalue weighted by molar-refractivity contribution is 8.00. The lowest BCUT2D eigenvalue weighted by Crippen LogP contribution is -2.49. The Morgan fingerprint density at radius 3 is 2.85 bits per heavy atom. The van der Waals surface area contributed by atoms with E-state index < -0.39 is 23.4 Å². The predicted octanol–water partition coefficient (Wildman–Crippen LogP) is -0.335. The van der Waals surface area contributed by atoms with Crippen LogP contribution in [0.1, 0.15) is 6.42 Å². The van der Waals surface area contributed by atoms with Crippen LogP contribution in [-0.2, 0) is 14.3 Å². The molecule has 0 spiro atoms. The number of aliphatic carboxylic acids is 1. The van der Waals surface area contributed by atoms with E-state index in [0.717, 1.165) is 0 Å². The monoisotopic (exact) mass is 205 g/mol. The summed E-state index contributed by atoms with van der Waals surface area (Å²) in [5, 5.41) is 10.8. The van der Waals surface area contributed by atoms with Crippen LogP contribution in [0.5, 0.6) is 0 Å². The average Bonchev–Trinajstić information content (AvgIpc) is 2.17. The van der Waals surface area contributed by atoms with Crippen molar-refractivity contribution in [2.24, 2.45) is 0 Å². The number of hydrogen-bond acceptors (Lipinski definition) is 5. The second-order valence-corrected chi connectivity index (χ2v) is 3.83. The van der Waals surface area contributed by atoms with E-state index in [2.05, 4.69) is 10.1 Å². The van der Waals surface area contributed by atoms with Crippen LogP contribution in [0, 0.1) is 0 Å². The molecule has 0 aromatic heterocycles. The highest BCUT2D eigenvalue weighted by atomic mass is 32.2. The zero-order valence-electron chi connectivity index (χ0n) is 7.15. The molecule has 1 aliphatic rings. The van der Waals surface area contributed by atoms with Gasteiger partial charge in [-0.3, -0.25) is 10.1 Å². The number of carbonyl (C=O) groups excluding carboxylic acids is 1. The van der Waals surface area contributed by atoms with Gasteiger partial charge in [-0.25, -0.2) is 4.79 Å². The first-order chi connectivity index (χ1) is 6.15. The van der Waals surface area contributed by atoms with Gasteiger partial charge in [-0.2, -0.15) is 0 Å². The lowest BCUT2D eigenvalue weighted by Gasteiger charge is -2.25. The summed E-state index contributed by atoms with van der Waals surface area (Å²) in [5.41, 5.74) is 0. The van der Waals surface area contributed by atoms with E-state index in [1.54, 1.807) is 0 Å². The Labute approximate surface area is 79.8 Å². The van der Waals surface area contributed by atoms with Gasteiger partial charge in [0.25, 0.3) is 0 Å². The fraction of sp³-hybridized carbons (Fsp3) is 0.714. The molecular weight excluding hydrogens is 194 g/mol. The minimum atomic E-state index is -0.922. The van der Waals surface area contributed by atoms with Gasteiger partial charge >= 0.3 is 11.9 Å². The van der Waals surface area contributed by atoms with Crippen LogP contribution < -0.4 is 5.32 Å². The SMILES string of the molecule is COC(=O)C1NC(C(=O)O)CCS1.